The van der Waals surface area contributed by atoms with Crippen molar-refractivity contribution in [2.24, 2.45) is 0 Å². The number of fused-ring (bicyclic) bond motifs is 1. The van der Waals surface area contributed by atoms with Gasteiger partial charge in [-0.2, -0.15) is 0 Å². The summed E-state index contributed by atoms with van der Waals surface area (Å²) in [6, 6.07) is 6.38. The van der Waals surface area contributed by atoms with Crippen LogP contribution in [0.2, 0.25) is 0 Å². The van der Waals surface area contributed by atoms with Gasteiger partial charge in [-0.05, 0) is 49.4 Å². The zero-order valence-electron chi connectivity index (χ0n) is 11.7. The van der Waals surface area contributed by atoms with Gasteiger partial charge in [-0.3, -0.25) is 4.79 Å². The Morgan fingerprint density at radius 1 is 1.40 bits per heavy atom. The van der Waals surface area contributed by atoms with Crippen LogP contribution in [-0.4, -0.2) is 40.6 Å². The lowest BCUT2D eigenvalue weighted by Crippen LogP contribution is -2.43. The molecule has 0 aliphatic heterocycles. The molecule has 1 unspecified atom stereocenters. The Morgan fingerprint density at radius 3 is 2.90 bits per heavy atom. The number of benzene rings is 1. The Hall–Kier alpha value is -1.04. The Kier molecular flexibility index (Phi) is 5.07. The molecule has 1 amide bonds. The molecule has 0 fully saturated rings. The molecule has 0 radical (unpaired) electrons. The fraction of sp³-hybridized carbons (Fsp3) is 0.533. The van der Waals surface area contributed by atoms with E-state index in [1.165, 1.54) is 36.2 Å². The van der Waals surface area contributed by atoms with E-state index < -0.39 is 5.60 Å². The van der Waals surface area contributed by atoms with Gasteiger partial charge in [-0.15, -0.1) is 11.8 Å². The van der Waals surface area contributed by atoms with Crippen molar-refractivity contribution in [2.75, 3.05) is 18.9 Å². The second kappa shape index (κ2) is 6.61. The van der Waals surface area contributed by atoms with Crippen molar-refractivity contribution in [3.8, 4) is 0 Å². The van der Waals surface area contributed by atoms with Crippen LogP contribution in [-0.2, 0) is 17.6 Å². The molecule has 20 heavy (non-hydrogen) atoms. The molecule has 3 N–H and O–H groups in total. The molecule has 0 bridgehead atoms. The van der Waals surface area contributed by atoms with E-state index in [1.54, 1.807) is 0 Å². The number of carbonyl (C=O) groups excluding carboxylic acids is 1. The van der Waals surface area contributed by atoms with Crippen LogP contribution in [0, 0.1) is 0 Å². The molecule has 4 nitrogen and oxygen atoms in total. The predicted molar refractivity (Wildman–Crippen MR) is 79.9 cm³/mol. The molecule has 0 heterocycles. The van der Waals surface area contributed by atoms with Gasteiger partial charge in [-0.25, -0.2) is 0 Å². The number of nitrogens with one attached hydrogen (secondary N) is 1. The van der Waals surface area contributed by atoms with Crippen LogP contribution >= 0.6 is 11.8 Å². The number of amides is 1. The highest BCUT2D eigenvalue weighted by Crippen LogP contribution is 2.27. The normalized spacial score (nSPS) is 16.6. The lowest BCUT2D eigenvalue weighted by Gasteiger charge is -2.20. The monoisotopic (exact) mass is 295 g/mol. The highest BCUT2D eigenvalue weighted by molar-refractivity contribution is 8.00. The zero-order valence-corrected chi connectivity index (χ0v) is 12.5. The molecule has 1 aromatic carbocycles. The summed E-state index contributed by atoms with van der Waals surface area (Å²) in [7, 11) is 0. The van der Waals surface area contributed by atoms with Crippen molar-refractivity contribution >= 4 is 17.7 Å². The highest BCUT2D eigenvalue weighted by atomic mass is 32.2. The molecular weight excluding hydrogens is 274 g/mol. The summed E-state index contributed by atoms with van der Waals surface area (Å²) in [6.07, 6.45) is 3.52. The minimum Gasteiger partial charge on any atom is -0.393 e. The Balaban J connectivity index is 1.79. The molecule has 110 valence electrons. The van der Waals surface area contributed by atoms with Gasteiger partial charge in [0.15, 0.2) is 0 Å². The summed E-state index contributed by atoms with van der Waals surface area (Å²) in [4.78, 5) is 12.8. The highest BCUT2D eigenvalue weighted by Gasteiger charge is 2.19. The maximum atomic E-state index is 11.7. The van der Waals surface area contributed by atoms with E-state index in [0.717, 1.165) is 17.7 Å². The van der Waals surface area contributed by atoms with Gasteiger partial charge < -0.3 is 15.5 Å². The SMILES string of the molecule is CC(O)(CO)CNC(=O)CSc1ccc2c(c1)CCC2. The summed E-state index contributed by atoms with van der Waals surface area (Å²) in [6.45, 7) is 1.18. The standard InChI is InChI=1S/C15H21NO3S/c1-15(19,10-17)9-16-14(18)8-20-13-6-5-11-3-2-4-12(11)7-13/h5-7,17,19H,2-4,8-10H2,1H3,(H,16,18). The van der Waals surface area contributed by atoms with Gasteiger partial charge >= 0.3 is 0 Å². The predicted octanol–water partition coefficient (Wildman–Crippen LogP) is 1.13. The minimum absolute atomic E-state index is 0.0626. The first-order chi connectivity index (χ1) is 9.50. The quantitative estimate of drug-likeness (QED) is 0.688. The third kappa shape index (κ3) is 4.23. The Morgan fingerprint density at radius 2 is 2.15 bits per heavy atom. The molecule has 5 heteroatoms. The van der Waals surface area contributed by atoms with Crippen LogP contribution in [0.1, 0.15) is 24.5 Å². The van der Waals surface area contributed by atoms with Crippen molar-refractivity contribution < 1.29 is 15.0 Å². The second-order valence-electron chi connectivity index (χ2n) is 5.50. The lowest BCUT2D eigenvalue weighted by molar-refractivity contribution is -0.120. The van der Waals surface area contributed by atoms with Crippen molar-refractivity contribution in [1.29, 1.82) is 0 Å². The molecule has 1 aliphatic carbocycles. The average Bonchev–Trinajstić information content (AvgIpc) is 2.90. The molecule has 0 saturated heterocycles. The maximum Gasteiger partial charge on any atom is 0.230 e. The van der Waals surface area contributed by atoms with E-state index in [9.17, 15) is 9.90 Å². The summed E-state index contributed by atoms with van der Waals surface area (Å²) in [5, 5.41) is 21.1. The fourth-order valence-corrected chi connectivity index (χ4v) is 2.97. The Bertz CT molecular complexity index is 488. The second-order valence-corrected chi connectivity index (χ2v) is 6.55. The van der Waals surface area contributed by atoms with Crippen molar-refractivity contribution in [3.05, 3.63) is 29.3 Å². The first-order valence-corrected chi connectivity index (χ1v) is 7.83. The van der Waals surface area contributed by atoms with Crippen LogP contribution in [0.4, 0.5) is 0 Å². The maximum absolute atomic E-state index is 11.7. The molecular formula is C15H21NO3S. The number of carbonyl (C=O) groups is 1. The number of aliphatic hydroxyl groups excluding tert-OH is 1. The number of rotatable bonds is 6. The zero-order chi connectivity index (χ0) is 14.6. The van der Waals surface area contributed by atoms with Gasteiger partial charge in [0, 0.05) is 11.4 Å². The first kappa shape index (κ1) is 15.4. The van der Waals surface area contributed by atoms with E-state index in [-0.39, 0.29) is 19.1 Å². The molecule has 2 rings (SSSR count). The van der Waals surface area contributed by atoms with Crippen LogP contribution in [0.15, 0.2) is 23.1 Å². The summed E-state index contributed by atoms with van der Waals surface area (Å²) >= 11 is 1.50. The van der Waals surface area contributed by atoms with Crippen LogP contribution in [0.3, 0.4) is 0 Å². The van der Waals surface area contributed by atoms with Gasteiger partial charge in [0.05, 0.1) is 12.4 Å². The van der Waals surface area contributed by atoms with Crippen LogP contribution in [0.5, 0.6) is 0 Å². The van der Waals surface area contributed by atoms with E-state index in [0.29, 0.717) is 5.75 Å². The number of aryl methyl sites for hydroxylation is 2. The first-order valence-electron chi connectivity index (χ1n) is 6.85. The number of aliphatic hydroxyl groups is 2. The average molecular weight is 295 g/mol. The summed E-state index contributed by atoms with van der Waals surface area (Å²) in [5.74, 6) is 0.185. The topological polar surface area (TPSA) is 69.6 Å². The molecule has 0 saturated carbocycles. The van der Waals surface area contributed by atoms with E-state index in [4.69, 9.17) is 5.11 Å². The third-order valence-corrected chi connectivity index (χ3v) is 4.44. The van der Waals surface area contributed by atoms with Gasteiger partial charge in [0.2, 0.25) is 5.91 Å². The summed E-state index contributed by atoms with van der Waals surface area (Å²) in [5.41, 5.74) is 1.57. The molecule has 1 aromatic rings. The van der Waals surface area contributed by atoms with Crippen molar-refractivity contribution in [1.82, 2.24) is 5.32 Å². The lowest BCUT2D eigenvalue weighted by atomic mass is 10.1. The smallest absolute Gasteiger partial charge is 0.230 e. The minimum atomic E-state index is -1.26. The van der Waals surface area contributed by atoms with Gasteiger partial charge in [-0.1, -0.05) is 6.07 Å². The summed E-state index contributed by atoms with van der Waals surface area (Å²) < 4.78 is 0. The van der Waals surface area contributed by atoms with E-state index in [1.807, 2.05) is 0 Å². The fourth-order valence-electron chi connectivity index (χ4n) is 2.18. The number of hydrogen-bond donors (Lipinski definition) is 3. The molecule has 1 aliphatic rings. The third-order valence-electron chi connectivity index (χ3n) is 3.45. The van der Waals surface area contributed by atoms with E-state index >= 15 is 0 Å². The molecule has 0 spiro atoms. The van der Waals surface area contributed by atoms with Crippen LogP contribution < -0.4 is 5.32 Å². The number of hydrogen-bond acceptors (Lipinski definition) is 4. The molecule has 0 aromatic heterocycles. The van der Waals surface area contributed by atoms with E-state index in [2.05, 4.69) is 23.5 Å². The van der Waals surface area contributed by atoms with Crippen molar-refractivity contribution in [3.63, 3.8) is 0 Å². The van der Waals surface area contributed by atoms with Gasteiger partial charge in [0.1, 0.15) is 5.60 Å². The number of thioether (sulfide) groups is 1. The largest absolute Gasteiger partial charge is 0.393 e. The van der Waals surface area contributed by atoms with Crippen LogP contribution in [0.25, 0.3) is 0 Å². The van der Waals surface area contributed by atoms with Gasteiger partial charge in [0.25, 0.3) is 0 Å². The Labute approximate surface area is 123 Å². The van der Waals surface area contributed by atoms with Crippen molar-refractivity contribution in [2.45, 2.75) is 36.7 Å². The molecule has 1 atom stereocenters.